The first-order valence-electron chi connectivity index (χ1n) is 6.83. The minimum atomic E-state index is -0.550. The van der Waals surface area contributed by atoms with Gasteiger partial charge in [0.05, 0.1) is 7.11 Å². The molecule has 0 bridgehead atoms. The van der Waals surface area contributed by atoms with Crippen molar-refractivity contribution in [2.45, 2.75) is 25.5 Å². The molecule has 0 radical (unpaired) electrons. The molecule has 1 aromatic rings. The maximum atomic E-state index is 9.86. The third kappa shape index (κ3) is 6.75. The van der Waals surface area contributed by atoms with Gasteiger partial charge in [0.15, 0.2) is 0 Å². The molecule has 1 rings (SSSR count). The second-order valence-electron chi connectivity index (χ2n) is 4.73. The molecule has 2 atom stereocenters. The summed E-state index contributed by atoms with van der Waals surface area (Å²) < 4.78 is 15.6. The molecule has 5 heteroatoms. The fourth-order valence-electron chi connectivity index (χ4n) is 1.68. The molecular formula is C15H25NO4. The Kier molecular flexibility index (Phi) is 8.02. The topological polar surface area (TPSA) is 60.0 Å². The van der Waals surface area contributed by atoms with Crippen molar-refractivity contribution < 1.29 is 19.3 Å². The van der Waals surface area contributed by atoms with Crippen LogP contribution in [0.2, 0.25) is 0 Å². The Morgan fingerprint density at radius 2 is 2.00 bits per heavy atom. The second-order valence-corrected chi connectivity index (χ2v) is 4.73. The molecule has 5 nitrogen and oxygen atoms in total. The van der Waals surface area contributed by atoms with Gasteiger partial charge in [-0.1, -0.05) is 6.07 Å². The van der Waals surface area contributed by atoms with Crippen molar-refractivity contribution in [2.24, 2.45) is 0 Å². The van der Waals surface area contributed by atoms with Crippen LogP contribution in [0.4, 0.5) is 0 Å². The van der Waals surface area contributed by atoms with Gasteiger partial charge >= 0.3 is 0 Å². The Morgan fingerprint density at radius 1 is 1.25 bits per heavy atom. The van der Waals surface area contributed by atoms with E-state index in [1.807, 2.05) is 18.2 Å². The van der Waals surface area contributed by atoms with E-state index in [0.717, 1.165) is 12.2 Å². The van der Waals surface area contributed by atoms with Gasteiger partial charge in [0.25, 0.3) is 0 Å². The average molecular weight is 283 g/mol. The summed E-state index contributed by atoms with van der Waals surface area (Å²) in [7, 11) is 3.29. The zero-order valence-electron chi connectivity index (χ0n) is 12.5. The molecule has 0 saturated carbocycles. The van der Waals surface area contributed by atoms with Gasteiger partial charge < -0.3 is 24.6 Å². The molecule has 2 N–H and O–H groups in total. The molecule has 0 aliphatic rings. The average Bonchev–Trinajstić information content (AvgIpc) is 2.49. The molecule has 114 valence electrons. The minimum Gasteiger partial charge on any atom is -0.497 e. The molecule has 0 aliphatic carbocycles. The van der Waals surface area contributed by atoms with E-state index in [9.17, 15) is 5.11 Å². The maximum absolute atomic E-state index is 9.86. The van der Waals surface area contributed by atoms with Gasteiger partial charge in [-0.15, -0.1) is 0 Å². The van der Waals surface area contributed by atoms with Crippen molar-refractivity contribution in [3.8, 4) is 11.5 Å². The van der Waals surface area contributed by atoms with E-state index in [0.29, 0.717) is 24.9 Å². The normalized spacial score (nSPS) is 13.8. The number of hydrogen-bond acceptors (Lipinski definition) is 5. The van der Waals surface area contributed by atoms with E-state index >= 15 is 0 Å². The van der Waals surface area contributed by atoms with Crippen LogP contribution in [-0.4, -0.2) is 51.2 Å². The van der Waals surface area contributed by atoms with Crippen LogP contribution in [0.25, 0.3) is 0 Å². The summed E-state index contributed by atoms with van der Waals surface area (Å²) >= 11 is 0. The van der Waals surface area contributed by atoms with Gasteiger partial charge in [0, 0.05) is 32.4 Å². The number of benzene rings is 1. The molecule has 0 spiro atoms. The van der Waals surface area contributed by atoms with E-state index in [2.05, 4.69) is 12.2 Å². The predicted molar refractivity (Wildman–Crippen MR) is 78.5 cm³/mol. The zero-order chi connectivity index (χ0) is 14.8. The number of ether oxygens (including phenoxy) is 3. The number of aliphatic hydroxyl groups is 1. The highest BCUT2D eigenvalue weighted by Gasteiger charge is 2.08. The summed E-state index contributed by atoms with van der Waals surface area (Å²) in [5.41, 5.74) is 0. The first kappa shape index (κ1) is 16.8. The lowest BCUT2D eigenvalue weighted by Crippen LogP contribution is -2.37. The SMILES string of the molecule is COCCC(C)NCC(O)COc1cccc(OC)c1. The minimum absolute atomic E-state index is 0.247. The van der Waals surface area contributed by atoms with Crippen molar-refractivity contribution in [3.63, 3.8) is 0 Å². The molecule has 0 aromatic heterocycles. The number of nitrogens with one attached hydrogen (secondary N) is 1. The highest BCUT2D eigenvalue weighted by Crippen LogP contribution is 2.18. The van der Waals surface area contributed by atoms with Crippen molar-refractivity contribution in [1.29, 1.82) is 0 Å². The Balaban J connectivity index is 2.23. The van der Waals surface area contributed by atoms with Crippen LogP contribution < -0.4 is 14.8 Å². The number of hydrogen-bond donors (Lipinski definition) is 2. The molecule has 0 fully saturated rings. The van der Waals surface area contributed by atoms with Gasteiger partial charge in [-0.3, -0.25) is 0 Å². The zero-order valence-corrected chi connectivity index (χ0v) is 12.5. The second kappa shape index (κ2) is 9.58. The standard InChI is InChI=1S/C15H25NO4/c1-12(7-8-18-2)16-10-13(17)11-20-15-6-4-5-14(9-15)19-3/h4-6,9,12-13,16-17H,7-8,10-11H2,1-3H3. The molecule has 20 heavy (non-hydrogen) atoms. The van der Waals surface area contributed by atoms with Gasteiger partial charge in [0.1, 0.15) is 24.2 Å². The smallest absolute Gasteiger partial charge is 0.123 e. The molecule has 2 unspecified atom stereocenters. The molecule has 0 amide bonds. The molecule has 0 heterocycles. The van der Waals surface area contributed by atoms with Crippen molar-refractivity contribution in [3.05, 3.63) is 24.3 Å². The van der Waals surface area contributed by atoms with E-state index in [1.165, 1.54) is 0 Å². The molecular weight excluding hydrogens is 258 g/mol. The summed E-state index contributed by atoms with van der Waals surface area (Å²) in [6.45, 7) is 3.52. The van der Waals surface area contributed by atoms with Crippen LogP contribution in [0.3, 0.4) is 0 Å². The van der Waals surface area contributed by atoms with E-state index < -0.39 is 6.10 Å². The van der Waals surface area contributed by atoms with Crippen molar-refractivity contribution in [1.82, 2.24) is 5.32 Å². The largest absolute Gasteiger partial charge is 0.497 e. The predicted octanol–water partition coefficient (Wildman–Crippen LogP) is 1.45. The lowest BCUT2D eigenvalue weighted by atomic mass is 10.2. The fraction of sp³-hybridized carbons (Fsp3) is 0.600. The third-order valence-corrected chi connectivity index (χ3v) is 2.94. The third-order valence-electron chi connectivity index (χ3n) is 2.94. The first-order chi connectivity index (χ1) is 9.65. The Hall–Kier alpha value is -1.30. The van der Waals surface area contributed by atoms with E-state index in [-0.39, 0.29) is 6.61 Å². The van der Waals surface area contributed by atoms with Crippen LogP contribution >= 0.6 is 0 Å². The quantitative estimate of drug-likeness (QED) is 0.680. The van der Waals surface area contributed by atoms with Gasteiger partial charge in [0.2, 0.25) is 0 Å². The summed E-state index contributed by atoms with van der Waals surface area (Å²) in [6, 6.07) is 7.64. The number of aliphatic hydroxyl groups excluding tert-OH is 1. The monoisotopic (exact) mass is 283 g/mol. The molecule has 0 aliphatic heterocycles. The van der Waals surface area contributed by atoms with Gasteiger partial charge in [-0.2, -0.15) is 0 Å². The Bertz CT molecular complexity index is 373. The molecule has 0 saturated heterocycles. The van der Waals surface area contributed by atoms with Crippen molar-refractivity contribution >= 4 is 0 Å². The summed E-state index contributed by atoms with van der Waals surface area (Å²) in [5.74, 6) is 1.43. The summed E-state index contributed by atoms with van der Waals surface area (Å²) in [4.78, 5) is 0. The summed E-state index contributed by atoms with van der Waals surface area (Å²) in [5, 5.41) is 13.1. The van der Waals surface area contributed by atoms with Gasteiger partial charge in [-0.25, -0.2) is 0 Å². The van der Waals surface area contributed by atoms with Crippen LogP contribution in [0, 0.1) is 0 Å². The van der Waals surface area contributed by atoms with Crippen LogP contribution in [-0.2, 0) is 4.74 Å². The van der Waals surface area contributed by atoms with E-state index in [4.69, 9.17) is 14.2 Å². The van der Waals surface area contributed by atoms with Crippen LogP contribution in [0.1, 0.15) is 13.3 Å². The Labute approximate surface area is 120 Å². The molecule has 1 aromatic carbocycles. The highest BCUT2D eigenvalue weighted by atomic mass is 16.5. The first-order valence-corrected chi connectivity index (χ1v) is 6.83. The highest BCUT2D eigenvalue weighted by molar-refractivity contribution is 5.32. The van der Waals surface area contributed by atoms with Gasteiger partial charge in [-0.05, 0) is 25.5 Å². The van der Waals surface area contributed by atoms with Crippen LogP contribution in [0.15, 0.2) is 24.3 Å². The lowest BCUT2D eigenvalue weighted by Gasteiger charge is -2.17. The van der Waals surface area contributed by atoms with Crippen molar-refractivity contribution in [2.75, 3.05) is 34.0 Å². The summed E-state index contributed by atoms with van der Waals surface area (Å²) in [6.07, 6.45) is 0.367. The lowest BCUT2D eigenvalue weighted by molar-refractivity contribution is 0.102. The maximum Gasteiger partial charge on any atom is 0.123 e. The fourth-order valence-corrected chi connectivity index (χ4v) is 1.68. The Morgan fingerprint density at radius 3 is 2.70 bits per heavy atom. The van der Waals surface area contributed by atoms with E-state index in [1.54, 1.807) is 20.3 Å². The van der Waals surface area contributed by atoms with Crippen LogP contribution in [0.5, 0.6) is 11.5 Å². The number of methoxy groups -OCH3 is 2. The number of rotatable bonds is 10.